The summed E-state index contributed by atoms with van der Waals surface area (Å²) in [6, 6.07) is 1.08. The number of piperidine rings is 1. The van der Waals surface area contributed by atoms with Crippen molar-refractivity contribution in [3.8, 4) is 0 Å². The predicted octanol–water partition coefficient (Wildman–Crippen LogP) is 1.74. The van der Waals surface area contributed by atoms with Crippen LogP contribution < -0.4 is 10.6 Å². The molecule has 0 amide bonds. The standard InChI is InChI=1S/C19H39N5O.HI/c1-5-20-19(22-18-14-24(15(2)3)13-16(18)4)21-9-6-10-23-11-7-17(25)8-12-23;/h15-18,25H,5-14H2,1-4H3,(H2,20,21,22);1H. The minimum absolute atomic E-state index is 0. The van der Waals surface area contributed by atoms with E-state index in [4.69, 9.17) is 4.99 Å². The molecule has 2 unspecified atom stereocenters. The van der Waals surface area contributed by atoms with Crippen molar-refractivity contribution in [1.82, 2.24) is 20.4 Å². The van der Waals surface area contributed by atoms with Crippen LogP contribution in [0.25, 0.3) is 0 Å². The molecule has 2 saturated heterocycles. The minimum Gasteiger partial charge on any atom is -0.393 e. The van der Waals surface area contributed by atoms with Crippen molar-refractivity contribution in [2.45, 2.75) is 65.1 Å². The van der Waals surface area contributed by atoms with Crippen molar-refractivity contribution < 1.29 is 5.11 Å². The van der Waals surface area contributed by atoms with Gasteiger partial charge >= 0.3 is 0 Å². The first-order valence-corrected chi connectivity index (χ1v) is 10.2. The molecule has 0 aromatic rings. The fourth-order valence-electron chi connectivity index (χ4n) is 3.74. The van der Waals surface area contributed by atoms with Crippen LogP contribution in [0.15, 0.2) is 4.99 Å². The number of aliphatic hydroxyl groups is 1. The Morgan fingerprint density at radius 1 is 1.23 bits per heavy atom. The summed E-state index contributed by atoms with van der Waals surface area (Å²) in [5.41, 5.74) is 0. The van der Waals surface area contributed by atoms with Gasteiger partial charge in [-0.05, 0) is 52.5 Å². The first kappa shape index (κ1) is 23.9. The molecule has 0 bridgehead atoms. The Balaban J connectivity index is 0.00000338. The molecule has 0 spiro atoms. The Bertz CT molecular complexity index is 413. The van der Waals surface area contributed by atoms with Crippen molar-refractivity contribution in [2.75, 3.05) is 45.8 Å². The number of rotatable bonds is 7. The molecule has 0 aromatic heterocycles. The van der Waals surface area contributed by atoms with Gasteiger partial charge in [-0.2, -0.15) is 0 Å². The molecular weight excluding hydrogens is 441 g/mol. The lowest BCUT2D eigenvalue weighted by Crippen LogP contribution is -2.47. The van der Waals surface area contributed by atoms with E-state index in [2.05, 4.69) is 48.1 Å². The van der Waals surface area contributed by atoms with Crippen molar-refractivity contribution in [3.63, 3.8) is 0 Å². The van der Waals surface area contributed by atoms with Crippen LogP contribution in [-0.2, 0) is 0 Å². The highest BCUT2D eigenvalue weighted by Gasteiger charge is 2.31. The van der Waals surface area contributed by atoms with Gasteiger partial charge < -0.3 is 20.6 Å². The molecule has 0 aromatic carbocycles. The zero-order valence-corrected chi connectivity index (χ0v) is 19.4. The third kappa shape index (κ3) is 7.86. The largest absolute Gasteiger partial charge is 0.393 e. The Morgan fingerprint density at radius 3 is 2.50 bits per heavy atom. The van der Waals surface area contributed by atoms with Gasteiger partial charge in [0.2, 0.25) is 0 Å². The summed E-state index contributed by atoms with van der Waals surface area (Å²) in [5.74, 6) is 1.60. The van der Waals surface area contributed by atoms with E-state index in [9.17, 15) is 5.11 Å². The summed E-state index contributed by atoms with van der Waals surface area (Å²) < 4.78 is 0. The monoisotopic (exact) mass is 481 g/mol. The molecule has 2 atom stereocenters. The van der Waals surface area contributed by atoms with Crippen LogP contribution in [0.1, 0.15) is 47.0 Å². The van der Waals surface area contributed by atoms with Gasteiger partial charge in [0.15, 0.2) is 5.96 Å². The van der Waals surface area contributed by atoms with Gasteiger partial charge in [0.05, 0.1) is 6.10 Å². The number of aliphatic hydroxyl groups excluding tert-OH is 1. The number of aliphatic imine (C=N–C) groups is 1. The number of nitrogens with zero attached hydrogens (tertiary/aromatic N) is 3. The fraction of sp³-hybridized carbons (Fsp3) is 0.947. The lowest BCUT2D eigenvalue weighted by atomic mass is 10.1. The molecule has 6 nitrogen and oxygen atoms in total. The Labute approximate surface area is 177 Å². The van der Waals surface area contributed by atoms with Crippen molar-refractivity contribution in [2.24, 2.45) is 10.9 Å². The third-order valence-corrected chi connectivity index (χ3v) is 5.50. The number of hydrogen-bond donors (Lipinski definition) is 3. The Morgan fingerprint density at radius 2 is 1.92 bits per heavy atom. The van der Waals surface area contributed by atoms with Gasteiger partial charge in [0, 0.05) is 51.4 Å². The highest BCUT2D eigenvalue weighted by molar-refractivity contribution is 14.0. The Hall–Kier alpha value is -0.120. The SMILES string of the molecule is CCNC(=NCCCN1CCC(O)CC1)NC1CN(C(C)C)CC1C.I. The van der Waals surface area contributed by atoms with Gasteiger partial charge in [-0.1, -0.05) is 6.92 Å². The number of nitrogens with one attached hydrogen (secondary N) is 2. The summed E-state index contributed by atoms with van der Waals surface area (Å²) in [4.78, 5) is 9.77. The van der Waals surface area contributed by atoms with Gasteiger partial charge in [-0.15, -0.1) is 24.0 Å². The normalized spacial score (nSPS) is 26.2. The van der Waals surface area contributed by atoms with E-state index in [0.717, 1.165) is 71.0 Å². The van der Waals surface area contributed by atoms with Crippen molar-refractivity contribution in [3.05, 3.63) is 0 Å². The number of likely N-dealkylation sites (tertiary alicyclic amines) is 2. The number of guanidine groups is 1. The van der Waals surface area contributed by atoms with E-state index in [1.165, 1.54) is 0 Å². The average Bonchev–Trinajstić information content (AvgIpc) is 2.94. The highest BCUT2D eigenvalue weighted by Crippen LogP contribution is 2.18. The van der Waals surface area contributed by atoms with Crippen LogP contribution in [0, 0.1) is 5.92 Å². The topological polar surface area (TPSA) is 63.1 Å². The molecule has 2 aliphatic heterocycles. The lowest BCUT2D eigenvalue weighted by Gasteiger charge is -2.29. The van der Waals surface area contributed by atoms with Crippen LogP contribution in [-0.4, -0.2) is 84.9 Å². The van der Waals surface area contributed by atoms with E-state index in [1.807, 2.05) is 0 Å². The van der Waals surface area contributed by atoms with E-state index in [-0.39, 0.29) is 30.1 Å². The number of halogens is 1. The summed E-state index contributed by atoms with van der Waals surface area (Å²) >= 11 is 0. The molecule has 2 heterocycles. The highest BCUT2D eigenvalue weighted by atomic mass is 127. The summed E-state index contributed by atoms with van der Waals surface area (Å²) in [5, 5.41) is 16.6. The minimum atomic E-state index is -0.0855. The lowest BCUT2D eigenvalue weighted by molar-refractivity contribution is 0.0824. The number of hydrogen-bond acceptors (Lipinski definition) is 4. The molecule has 7 heteroatoms. The maximum absolute atomic E-state index is 9.57. The van der Waals surface area contributed by atoms with Gasteiger partial charge in [-0.3, -0.25) is 9.89 Å². The Kier molecular flexibility index (Phi) is 11.4. The molecule has 2 rings (SSSR count). The summed E-state index contributed by atoms with van der Waals surface area (Å²) in [6.45, 7) is 16.1. The molecule has 0 saturated carbocycles. The molecule has 0 radical (unpaired) electrons. The van der Waals surface area contributed by atoms with Crippen LogP contribution in [0.2, 0.25) is 0 Å². The fourth-order valence-corrected chi connectivity index (χ4v) is 3.74. The maximum Gasteiger partial charge on any atom is 0.191 e. The second kappa shape index (κ2) is 12.4. The van der Waals surface area contributed by atoms with E-state index < -0.39 is 0 Å². The van der Waals surface area contributed by atoms with Gasteiger partial charge in [0.25, 0.3) is 0 Å². The van der Waals surface area contributed by atoms with E-state index >= 15 is 0 Å². The van der Waals surface area contributed by atoms with Crippen LogP contribution in [0.3, 0.4) is 0 Å². The third-order valence-electron chi connectivity index (χ3n) is 5.50. The summed E-state index contributed by atoms with van der Waals surface area (Å²) in [6.07, 6.45) is 2.82. The van der Waals surface area contributed by atoms with Crippen LogP contribution in [0.5, 0.6) is 0 Å². The molecular formula is C19H40IN5O. The second-order valence-corrected chi connectivity index (χ2v) is 7.96. The zero-order valence-electron chi connectivity index (χ0n) is 17.1. The molecule has 3 N–H and O–H groups in total. The quantitative estimate of drug-likeness (QED) is 0.224. The molecule has 0 aliphatic carbocycles. The van der Waals surface area contributed by atoms with E-state index in [0.29, 0.717) is 18.0 Å². The van der Waals surface area contributed by atoms with Gasteiger partial charge in [-0.25, -0.2) is 0 Å². The van der Waals surface area contributed by atoms with Crippen LogP contribution in [0.4, 0.5) is 0 Å². The zero-order chi connectivity index (χ0) is 18.2. The van der Waals surface area contributed by atoms with Gasteiger partial charge in [0.1, 0.15) is 0 Å². The van der Waals surface area contributed by atoms with Crippen LogP contribution >= 0.6 is 24.0 Å². The molecule has 2 aliphatic rings. The summed E-state index contributed by atoms with van der Waals surface area (Å²) in [7, 11) is 0. The first-order valence-electron chi connectivity index (χ1n) is 10.2. The maximum atomic E-state index is 9.57. The first-order chi connectivity index (χ1) is 12.0. The molecule has 26 heavy (non-hydrogen) atoms. The molecule has 154 valence electrons. The predicted molar refractivity (Wildman–Crippen MR) is 120 cm³/mol. The average molecular weight is 481 g/mol. The second-order valence-electron chi connectivity index (χ2n) is 7.96. The van der Waals surface area contributed by atoms with Crippen molar-refractivity contribution >= 4 is 29.9 Å². The van der Waals surface area contributed by atoms with E-state index in [1.54, 1.807) is 0 Å². The molecule has 2 fully saturated rings. The van der Waals surface area contributed by atoms with Crippen molar-refractivity contribution in [1.29, 1.82) is 0 Å². The smallest absolute Gasteiger partial charge is 0.191 e.